The Balaban J connectivity index is 1.48. The van der Waals surface area contributed by atoms with Gasteiger partial charge in [0.2, 0.25) is 0 Å². The summed E-state index contributed by atoms with van der Waals surface area (Å²) in [4.78, 5) is 0. The van der Waals surface area contributed by atoms with Gasteiger partial charge in [0.25, 0.3) is 0 Å². The van der Waals surface area contributed by atoms with E-state index in [-0.39, 0.29) is 0 Å². The predicted molar refractivity (Wildman–Crippen MR) is 116 cm³/mol. The number of aryl methyl sites for hydroxylation is 1. The van der Waals surface area contributed by atoms with E-state index in [0.29, 0.717) is 18.0 Å². The van der Waals surface area contributed by atoms with Crippen molar-refractivity contribution in [1.29, 1.82) is 0 Å². The summed E-state index contributed by atoms with van der Waals surface area (Å²) in [6.45, 7) is 4.57. The first-order valence-corrected chi connectivity index (χ1v) is 10.6. The van der Waals surface area contributed by atoms with Crippen LogP contribution in [0.3, 0.4) is 0 Å². The van der Waals surface area contributed by atoms with E-state index < -0.39 is 0 Å². The fraction of sp³-hybridized carbons (Fsp3) is 0.385. The maximum absolute atomic E-state index is 3.96. The second kappa shape index (κ2) is 8.27. The van der Waals surface area contributed by atoms with Crippen molar-refractivity contribution < 1.29 is 0 Å². The smallest absolute Gasteiger partial charge is 0.0300 e. The van der Waals surface area contributed by atoms with Crippen molar-refractivity contribution in [1.82, 2.24) is 5.32 Å². The molecule has 0 spiro atoms. The van der Waals surface area contributed by atoms with E-state index in [4.69, 9.17) is 0 Å². The Morgan fingerprint density at radius 2 is 1.78 bits per heavy atom. The largest absolute Gasteiger partial charge is 0.307 e. The minimum atomic E-state index is 0.377. The summed E-state index contributed by atoms with van der Waals surface area (Å²) in [5.41, 5.74) is 4.42. The number of nitrogens with one attached hydrogen (secondary N) is 1. The molecule has 0 saturated heterocycles. The Labute approximate surface area is 163 Å². The van der Waals surface area contributed by atoms with Crippen LogP contribution in [0.5, 0.6) is 0 Å². The van der Waals surface area contributed by atoms with Gasteiger partial charge in [-0.05, 0) is 66.0 Å². The van der Waals surface area contributed by atoms with Gasteiger partial charge in [-0.25, -0.2) is 0 Å². The van der Waals surface area contributed by atoms with Crippen molar-refractivity contribution in [2.75, 3.05) is 0 Å². The Bertz CT molecular complexity index is 892. The lowest BCUT2D eigenvalue weighted by Crippen LogP contribution is -2.35. The number of hydrogen-bond donors (Lipinski definition) is 1. The van der Waals surface area contributed by atoms with Gasteiger partial charge in [0, 0.05) is 12.1 Å². The van der Waals surface area contributed by atoms with E-state index >= 15 is 0 Å². The van der Waals surface area contributed by atoms with Crippen LogP contribution in [0.25, 0.3) is 10.8 Å². The minimum Gasteiger partial charge on any atom is -0.307 e. The van der Waals surface area contributed by atoms with Crippen LogP contribution >= 0.6 is 0 Å². The van der Waals surface area contributed by atoms with Crippen LogP contribution in [0.2, 0.25) is 0 Å². The van der Waals surface area contributed by atoms with Crippen molar-refractivity contribution in [2.45, 2.75) is 64.0 Å². The second-order valence-electron chi connectivity index (χ2n) is 8.12. The average molecular weight is 358 g/mol. The van der Waals surface area contributed by atoms with Gasteiger partial charge in [-0.15, -0.1) is 0 Å². The summed E-state index contributed by atoms with van der Waals surface area (Å²) in [7, 11) is 0. The van der Waals surface area contributed by atoms with Crippen molar-refractivity contribution in [3.63, 3.8) is 0 Å². The Morgan fingerprint density at radius 3 is 2.67 bits per heavy atom. The highest BCUT2D eigenvalue weighted by atomic mass is 14.9. The standard InChI is InChI=1S/C26H31N/c1-3-20-9-6-12-22(17-20)23-13-7-14-24(18-23)27-19(2)25-16-8-11-21-10-4-5-15-26(21)25/h4-6,8-12,15-17,19,23-24,27H,3,7,13-14,18H2,1-2H3/t19-,23?,24+/m1/s1. The van der Waals surface area contributed by atoms with E-state index in [2.05, 4.69) is 85.9 Å². The lowest BCUT2D eigenvalue weighted by atomic mass is 9.80. The van der Waals surface area contributed by atoms with Gasteiger partial charge in [-0.1, -0.05) is 80.1 Å². The number of fused-ring (bicyclic) bond motifs is 1. The van der Waals surface area contributed by atoms with Crippen LogP contribution in [0, 0.1) is 0 Å². The molecule has 1 heteroatoms. The van der Waals surface area contributed by atoms with Crippen LogP contribution in [0.1, 0.15) is 68.2 Å². The fourth-order valence-corrected chi connectivity index (χ4v) is 4.78. The van der Waals surface area contributed by atoms with Crippen molar-refractivity contribution in [2.24, 2.45) is 0 Å². The Hall–Kier alpha value is -2.12. The molecule has 0 aromatic heterocycles. The molecule has 1 aliphatic rings. The monoisotopic (exact) mass is 357 g/mol. The Kier molecular flexibility index (Phi) is 5.59. The van der Waals surface area contributed by atoms with Crippen LogP contribution in [-0.2, 0) is 6.42 Å². The first kappa shape index (κ1) is 18.3. The predicted octanol–water partition coefficient (Wildman–Crippen LogP) is 6.78. The molecule has 3 aromatic rings. The summed E-state index contributed by atoms with van der Waals surface area (Å²) in [6.07, 6.45) is 6.32. The molecule has 0 radical (unpaired) electrons. The van der Waals surface area contributed by atoms with Crippen LogP contribution in [0.4, 0.5) is 0 Å². The molecule has 0 heterocycles. The van der Waals surface area contributed by atoms with Gasteiger partial charge in [0.15, 0.2) is 0 Å². The number of rotatable bonds is 5. The van der Waals surface area contributed by atoms with E-state index in [1.807, 2.05) is 0 Å². The molecule has 3 atom stereocenters. The van der Waals surface area contributed by atoms with Crippen LogP contribution in [-0.4, -0.2) is 6.04 Å². The first-order chi connectivity index (χ1) is 13.2. The molecule has 140 valence electrons. The van der Waals surface area contributed by atoms with Gasteiger partial charge in [0.1, 0.15) is 0 Å². The second-order valence-corrected chi connectivity index (χ2v) is 8.12. The molecule has 4 rings (SSSR count). The summed E-state index contributed by atoms with van der Waals surface area (Å²) in [5.74, 6) is 0.697. The van der Waals surface area contributed by atoms with E-state index in [1.165, 1.54) is 47.6 Å². The van der Waals surface area contributed by atoms with Gasteiger partial charge in [0.05, 0.1) is 0 Å². The molecular weight excluding hydrogens is 326 g/mol. The highest BCUT2D eigenvalue weighted by molar-refractivity contribution is 5.86. The maximum atomic E-state index is 3.96. The van der Waals surface area contributed by atoms with E-state index in [9.17, 15) is 0 Å². The molecule has 1 nitrogen and oxygen atoms in total. The summed E-state index contributed by atoms with van der Waals surface area (Å²) < 4.78 is 0. The first-order valence-electron chi connectivity index (χ1n) is 10.6. The van der Waals surface area contributed by atoms with E-state index in [1.54, 1.807) is 5.56 Å². The van der Waals surface area contributed by atoms with Gasteiger partial charge >= 0.3 is 0 Å². The molecule has 1 aliphatic carbocycles. The molecule has 1 N–H and O–H groups in total. The van der Waals surface area contributed by atoms with Crippen molar-refractivity contribution >= 4 is 10.8 Å². The molecular formula is C26H31N. The number of hydrogen-bond acceptors (Lipinski definition) is 1. The fourth-order valence-electron chi connectivity index (χ4n) is 4.78. The highest BCUT2D eigenvalue weighted by Crippen LogP contribution is 2.35. The lowest BCUT2D eigenvalue weighted by Gasteiger charge is -2.33. The topological polar surface area (TPSA) is 12.0 Å². The zero-order chi connectivity index (χ0) is 18.6. The maximum Gasteiger partial charge on any atom is 0.0300 e. The third-order valence-electron chi connectivity index (χ3n) is 6.28. The Morgan fingerprint density at radius 1 is 0.963 bits per heavy atom. The van der Waals surface area contributed by atoms with Crippen molar-refractivity contribution in [3.8, 4) is 0 Å². The third-order valence-corrected chi connectivity index (χ3v) is 6.28. The molecule has 27 heavy (non-hydrogen) atoms. The zero-order valence-corrected chi connectivity index (χ0v) is 16.6. The molecule has 0 aliphatic heterocycles. The van der Waals surface area contributed by atoms with Gasteiger partial charge < -0.3 is 5.32 Å². The normalized spacial score (nSPS) is 21.3. The SMILES string of the molecule is CCc1cccc(C2CCC[C@H](N[C@H](C)c3cccc4ccccc34)C2)c1. The molecule has 0 bridgehead atoms. The van der Waals surface area contributed by atoms with Gasteiger partial charge in [-0.2, -0.15) is 0 Å². The summed E-state index contributed by atoms with van der Waals surface area (Å²) >= 11 is 0. The minimum absolute atomic E-state index is 0.377. The van der Waals surface area contributed by atoms with Gasteiger partial charge in [-0.3, -0.25) is 0 Å². The van der Waals surface area contributed by atoms with Crippen molar-refractivity contribution in [3.05, 3.63) is 83.4 Å². The number of benzene rings is 3. The molecule has 0 amide bonds. The zero-order valence-electron chi connectivity index (χ0n) is 16.6. The molecule has 3 aromatic carbocycles. The highest BCUT2D eigenvalue weighted by Gasteiger charge is 2.25. The molecule has 1 fully saturated rings. The van der Waals surface area contributed by atoms with Crippen LogP contribution in [0.15, 0.2) is 66.7 Å². The summed E-state index contributed by atoms with van der Waals surface area (Å²) in [6, 6.07) is 25.7. The van der Waals surface area contributed by atoms with E-state index in [0.717, 1.165) is 6.42 Å². The summed E-state index contributed by atoms with van der Waals surface area (Å²) in [5, 5.41) is 6.67. The van der Waals surface area contributed by atoms with Crippen LogP contribution < -0.4 is 5.32 Å². The third kappa shape index (κ3) is 4.09. The lowest BCUT2D eigenvalue weighted by molar-refractivity contribution is 0.319. The molecule has 1 unspecified atom stereocenters. The molecule has 1 saturated carbocycles. The quantitative estimate of drug-likeness (QED) is 0.531. The average Bonchev–Trinajstić information content (AvgIpc) is 2.73.